The van der Waals surface area contributed by atoms with Gasteiger partial charge >= 0.3 is 5.97 Å². The second-order valence-corrected chi connectivity index (χ2v) is 24.3. The maximum atomic E-state index is 13.5. The van der Waals surface area contributed by atoms with E-state index in [9.17, 15) is 35.1 Å². The first kappa shape index (κ1) is 75.4. The van der Waals surface area contributed by atoms with E-state index in [1.165, 1.54) is 244 Å². The third-order valence-electron chi connectivity index (χ3n) is 16.7. The molecule has 0 saturated carbocycles. The van der Waals surface area contributed by atoms with Crippen molar-refractivity contribution in [2.45, 2.75) is 397 Å². The molecule has 79 heavy (non-hydrogen) atoms. The molecule has 1 fully saturated rings. The van der Waals surface area contributed by atoms with Crippen LogP contribution in [0.4, 0.5) is 0 Å². The van der Waals surface area contributed by atoms with Crippen molar-refractivity contribution in [2.75, 3.05) is 13.2 Å². The van der Waals surface area contributed by atoms with Crippen LogP contribution in [0.25, 0.3) is 0 Å². The number of amides is 1. The van der Waals surface area contributed by atoms with E-state index in [1.807, 2.05) is 6.08 Å². The number of carbonyl (C=O) groups is 2. The summed E-state index contributed by atoms with van der Waals surface area (Å²) in [6.07, 6.45) is 55.3. The number of aliphatic hydroxyl groups is 5. The number of hydrogen-bond acceptors (Lipinski definition) is 10. The number of hydrogen-bond donors (Lipinski definition) is 6. The monoisotopic (exact) mass is 1120 g/mol. The minimum Gasteiger partial charge on any atom is -0.454 e. The van der Waals surface area contributed by atoms with Crippen LogP contribution in [-0.2, 0) is 23.8 Å². The van der Waals surface area contributed by atoms with Gasteiger partial charge in [0.25, 0.3) is 0 Å². The Labute approximate surface area is 487 Å². The number of allylic oxidation sites excluding steroid dienone is 1. The Morgan fingerprint density at radius 2 is 0.823 bits per heavy atom. The van der Waals surface area contributed by atoms with E-state index in [-0.39, 0.29) is 13.0 Å². The molecule has 0 spiro atoms. The standard InChI is InChI=1S/C68H131NO10/c1-4-7-10-13-16-19-22-25-27-29-30-31-32-33-35-38-41-44-47-50-53-56-63(73)79-66-65(75)64(74)62(57-70)78-68(66)77-58-59(60(71)54-51-48-45-42-39-36-24-21-18-15-12-9-6-3)69-67(76)61(72)55-52-49-46-43-40-37-34-28-26-23-20-17-14-11-8-5-2/h51,54,59-62,64-66,68,70-72,74-75H,4-50,52-53,55-58H2,1-3H3,(H,69,76)/b54-51+. The second-order valence-electron chi connectivity index (χ2n) is 24.3. The molecule has 1 heterocycles. The number of unbranched alkanes of at least 4 members (excludes halogenated alkanes) is 46. The summed E-state index contributed by atoms with van der Waals surface area (Å²) >= 11 is 0. The van der Waals surface area contributed by atoms with Gasteiger partial charge in [0.15, 0.2) is 12.4 Å². The molecule has 8 unspecified atom stereocenters. The molecule has 0 aromatic rings. The zero-order chi connectivity index (χ0) is 57.5. The van der Waals surface area contributed by atoms with Gasteiger partial charge < -0.3 is 45.1 Å². The van der Waals surface area contributed by atoms with E-state index in [2.05, 4.69) is 26.1 Å². The van der Waals surface area contributed by atoms with Crippen molar-refractivity contribution in [3.8, 4) is 0 Å². The SMILES string of the molecule is CCCCCCCCCCCCC/C=C/C(O)C(COC1OC(CO)C(O)C(O)C1OC(=O)CCCCCCCCCCCCCCCCCCCCCCC)NC(=O)C(O)CCCCCCCCCCCCCCCCCC. The van der Waals surface area contributed by atoms with Crippen molar-refractivity contribution in [1.29, 1.82) is 0 Å². The number of ether oxygens (including phenoxy) is 3. The quantitative estimate of drug-likeness (QED) is 0.0195. The fourth-order valence-corrected chi connectivity index (χ4v) is 11.2. The third kappa shape index (κ3) is 44.6. The van der Waals surface area contributed by atoms with E-state index in [0.717, 1.165) is 57.8 Å². The van der Waals surface area contributed by atoms with Crippen molar-refractivity contribution in [1.82, 2.24) is 5.32 Å². The highest BCUT2D eigenvalue weighted by Crippen LogP contribution is 2.26. The molecular weight excluding hydrogens is 991 g/mol. The van der Waals surface area contributed by atoms with Gasteiger partial charge in [0.2, 0.25) is 5.91 Å². The highest BCUT2D eigenvalue weighted by molar-refractivity contribution is 5.80. The summed E-state index contributed by atoms with van der Waals surface area (Å²) in [6, 6.07) is -1.02. The highest BCUT2D eigenvalue weighted by Gasteiger charge is 2.47. The van der Waals surface area contributed by atoms with Crippen LogP contribution in [-0.4, -0.2) is 99.6 Å². The Morgan fingerprint density at radius 1 is 0.481 bits per heavy atom. The molecule has 468 valence electrons. The first-order valence-electron chi connectivity index (χ1n) is 34.5. The zero-order valence-corrected chi connectivity index (χ0v) is 52.0. The zero-order valence-electron chi connectivity index (χ0n) is 52.0. The molecule has 0 aromatic heterocycles. The van der Waals surface area contributed by atoms with Crippen molar-refractivity contribution >= 4 is 11.9 Å². The molecule has 0 aliphatic carbocycles. The van der Waals surface area contributed by atoms with Gasteiger partial charge in [-0.05, 0) is 25.7 Å². The number of rotatable bonds is 60. The molecule has 1 aliphatic rings. The molecule has 1 saturated heterocycles. The van der Waals surface area contributed by atoms with Gasteiger partial charge in [0.1, 0.15) is 24.4 Å². The van der Waals surface area contributed by atoms with Gasteiger partial charge in [-0.2, -0.15) is 0 Å². The predicted molar refractivity (Wildman–Crippen MR) is 329 cm³/mol. The van der Waals surface area contributed by atoms with Crippen LogP contribution in [0.15, 0.2) is 12.2 Å². The number of carbonyl (C=O) groups excluding carboxylic acids is 2. The van der Waals surface area contributed by atoms with Crippen LogP contribution < -0.4 is 5.32 Å². The fraction of sp³-hybridized carbons (Fsp3) is 0.941. The first-order chi connectivity index (χ1) is 38.7. The number of esters is 1. The Hall–Kier alpha value is -1.60. The van der Waals surface area contributed by atoms with Gasteiger partial charge in [0, 0.05) is 6.42 Å². The average molecular weight is 1120 g/mol. The van der Waals surface area contributed by atoms with Gasteiger partial charge in [0.05, 0.1) is 25.4 Å². The Morgan fingerprint density at radius 3 is 1.19 bits per heavy atom. The largest absolute Gasteiger partial charge is 0.454 e. The summed E-state index contributed by atoms with van der Waals surface area (Å²) in [7, 11) is 0. The average Bonchev–Trinajstić information content (AvgIpc) is 3.45. The van der Waals surface area contributed by atoms with E-state index < -0.39 is 67.4 Å². The normalized spacial score (nSPS) is 18.8. The molecule has 11 nitrogen and oxygen atoms in total. The van der Waals surface area contributed by atoms with Gasteiger partial charge in [-0.3, -0.25) is 9.59 Å². The van der Waals surface area contributed by atoms with Crippen LogP contribution in [0.5, 0.6) is 0 Å². The summed E-state index contributed by atoms with van der Waals surface area (Å²) in [4.78, 5) is 26.6. The number of nitrogens with one attached hydrogen (secondary N) is 1. The molecule has 1 aliphatic heterocycles. The Balaban J connectivity index is 2.60. The van der Waals surface area contributed by atoms with Crippen LogP contribution in [0.2, 0.25) is 0 Å². The van der Waals surface area contributed by atoms with Gasteiger partial charge in [-0.15, -0.1) is 0 Å². The lowest BCUT2D eigenvalue weighted by atomic mass is 9.99. The third-order valence-corrected chi connectivity index (χ3v) is 16.7. The molecule has 11 heteroatoms. The highest BCUT2D eigenvalue weighted by atomic mass is 16.7. The maximum absolute atomic E-state index is 13.5. The summed E-state index contributed by atoms with van der Waals surface area (Å²) < 4.78 is 17.7. The van der Waals surface area contributed by atoms with E-state index >= 15 is 0 Å². The van der Waals surface area contributed by atoms with Crippen LogP contribution in [0, 0.1) is 0 Å². The van der Waals surface area contributed by atoms with Crippen molar-refractivity contribution < 1.29 is 49.3 Å². The molecule has 0 bridgehead atoms. The molecule has 0 radical (unpaired) electrons. The summed E-state index contributed by atoms with van der Waals surface area (Å²) in [6.45, 7) is 5.85. The molecular formula is C68H131NO10. The predicted octanol–water partition coefficient (Wildman–Crippen LogP) is 17.1. The Bertz CT molecular complexity index is 1340. The lowest BCUT2D eigenvalue weighted by molar-refractivity contribution is -0.305. The maximum Gasteiger partial charge on any atom is 0.306 e. The molecule has 8 atom stereocenters. The van der Waals surface area contributed by atoms with Crippen LogP contribution in [0.3, 0.4) is 0 Å². The van der Waals surface area contributed by atoms with Gasteiger partial charge in [-0.25, -0.2) is 0 Å². The molecule has 0 aromatic carbocycles. The lowest BCUT2D eigenvalue weighted by Gasteiger charge is -2.41. The van der Waals surface area contributed by atoms with E-state index in [1.54, 1.807) is 6.08 Å². The van der Waals surface area contributed by atoms with E-state index in [0.29, 0.717) is 19.3 Å². The topological polar surface area (TPSA) is 175 Å². The summed E-state index contributed by atoms with van der Waals surface area (Å²) in [5.74, 6) is -1.17. The minimum atomic E-state index is -1.61. The lowest BCUT2D eigenvalue weighted by Crippen LogP contribution is -2.61. The summed E-state index contributed by atoms with van der Waals surface area (Å²) in [5.41, 5.74) is 0. The summed E-state index contributed by atoms with van der Waals surface area (Å²) in [5, 5.41) is 57.2. The van der Waals surface area contributed by atoms with E-state index in [4.69, 9.17) is 14.2 Å². The van der Waals surface area contributed by atoms with Crippen LogP contribution in [0.1, 0.15) is 348 Å². The fourth-order valence-electron chi connectivity index (χ4n) is 11.2. The van der Waals surface area contributed by atoms with Gasteiger partial charge in [-0.1, -0.05) is 328 Å². The van der Waals surface area contributed by atoms with Crippen molar-refractivity contribution in [2.24, 2.45) is 0 Å². The number of aliphatic hydroxyl groups excluding tert-OH is 5. The van der Waals surface area contributed by atoms with Crippen LogP contribution >= 0.6 is 0 Å². The molecule has 1 amide bonds. The van der Waals surface area contributed by atoms with Crippen molar-refractivity contribution in [3.63, 3.8) is 0 Å². The first-order valence-corrected chi connectivity index (χ1v) is 34.5. The second kappa shape index (κ2) is 56.9. The minimum absolute atomic E-state index is 0.132. The van der Waals surface area contributed by atoms with Crippen molar-refractivity contribution in [3.05, 3.63) is 12.2 Å². The molecule has 6 N–H and O–H groups in total. The Kier molecular flexibility index (Phi) is 54.3. The molecule has 1 rings (SSSR count). The smallest absolute Gasteiger partial charge is 0.306 e.